The fourth-order valence-corrected chi connectivity index (χ4v) is 25.9. The van der Waals surface area contributed by atoms with Crippen LogP contribution < -0.4 is 0 Å². The van der Waals surface area contributed by atoms with E-state index in [1.807, 2.05) is 6.07 Å². The minimum absolute atomic E-state index is 0.452. The van der Waals surface area contributed by atoms with E-state index >= 15 is 0 Å². The summed E-state index contributed by atoms with van der Waals surface area (Å²) in [7, 11) is 0. The van der Waals surface area contributed by atoms with Crippen LogP contribution in [0, 0.1) is 0 Å². The number of rotatable bonds is 7. The van der Waals surface area contributed by atoms with Crippen molar-refractivity contribution in [1.82, 2.24) is 4.57 Å². The van der Waals surface area contributed by atoms with Crippen LogP contribution in [0.25, 0.3) is 247 Å². The molecule has 4 aliphatic rings. The zero-order valence-corrected chi connectivity index (χ0v) is 75.1. The lowest BCUT2D eigenvalue weighted by molar-refractivity contribution is 0.669. The van der Waals surface area contributed by atoms with Crippen molar-refractivity contribution in [1.29, 1.82) is 0 Å². The summed E-state index contributed by atoms with van der Waals surface area (Å²) in [4.78, 5) is 0. The van der Waals surface area contributed by atoms with Crippen LogP contribution in [-0.4, -0.2) is 4.57 Å². The first kappa shape index (κ1) is 76.7. The van der Waals surface area contributed by atoms with Crippen LogP contribution in [0.15, 0.2) is 496 Å². The van der Waals surface area contributed by atoms with Crippen LogP contribution >= 0.6 is 0 Å². The van der Waals surface area contributed by atoms with Crippen LogP contribution in [0.3, 0.4) is 0 Å². The van der Waals surface area contributed by atoms with Crippen LogP contribution in [0.2, 0.25) is 0 Å². The van der Waals surface area contributed by atoms with Crippen molar-refractivity contribution in [3.8, 4) is 117 Å². The quantitative estimate of drug-likeness (QED) is 0.145. The number of benzene rings is 25. The van der Waals surface area contributed by atoms with Crippen molar-refractivity contribution >= 4 is 130 Å². The second-order valence-corrected chi connectivity index (χ2v) is 38.0. The Bertz CT molecular complexity index is 9800. The summed E-state index contributed by atoms with van der Waals surface area (Å²) in [6, 6.07) is 184. The van der Waals surface area contributed by atoms with Gasteiger partial charge in [0, 0.05) is 27.2 Å². The minimum Gasteiger partial charge on any atom is -0.456 e. The third kappa shape index (κ3) is 10.7. The third-order valence-electron chi connectivity index (χ3n) is 31.4. The van der Waals surface area contributed by atoms with Gasteiger partial charge < -0.3 is 8.98 Å². The van der Waals surface area contributed by atoms with Gasteiger partial charge in [0.05, 0.1) is 21.9 Å². The lowest BCUT2D eigenvalue weighted by atomic mass is 9.68. The standard InChI is InChI=1S/C71H43N.C65H38O/c1-2-20-50(21-3-1)72-65-32-15-12-25-55(65)62-43-49(36-40-66(62)72)68-58-28-8-6-26-56(58)67(57-27-7-9-29-59(57)68)48-19-16-18-45(42-48)46-34-37-52-47(41-46)35-39-61-60-38-33-44-17-4-5-22-51(44)69(60)71(70(52)61)63-30-13-10-23-53(63)54-24-11-14-31-64(54)71;1-2-17-45-39(14-1)28-33-54-55-34-30-42-36-41(29-32-46(42)64(55)65(63(45)54)57-25-10-7-18-47(57)48-19-8-11-26-58(48)65)40-15-13-16-43(37-40)61-50-21-3-5-23-52(50)62(53-24-6-4-22-51(53)61)44-31-35-60-56(38-44)49-20-9-12-27-59(49)66-60/h1-43H;1-38H. The number of fused-ring (bicyclic) bond motifs is 38. The number of aromatic nitrogens is 1. The fraction of sp³-hybridized carbons (Fsp3) is 0.0147. The van der Waals surface area contributed by atoms with Gasteiger partial charge in [-0.2, -0.15) is 0 Å². The van der Waals surface area contributed by atoms with E-state index in [0.717, 1.165) is 21.9 Å². The van der Waals surface area contributed by atoms with Crippen LogP contribution in [0.4, 0.5) is 0 Å². The number of hydrogen-bond acceptors (Lipinski definition) is 1. The molecular weight excluding hydrogens is 1660 g/mol. The summed E-state index contributed by atoms with van der Waals surface area (Å²) in [6.07, 6.45) is 0. The summed E-state index contributed by atoms with van der Waals surface area (Å²) in [6.45, 7) is 0. The Balaban J connectivity index is 0.000000131. The maximum Gasteiger partial charge on any atom is 0.135 e. The molecule has 0 fully saturated rings. The molecular formula is C136H81NO. The van der Waals surface area contributed by atoms with Gasteiger partial charge in [0.2, 0.25) is 0 Å². The summed E-state index contributed by atoms with van der Waals surface area (Å²) < 4.78 is 8.66. The predicted molar refractivity (Wildman–Crippen MR) is 580 cm³/mol. The van der Waals surface area contributed by atoms with Crippen molar-refractivity contribution in [3.05, 3.63) is 536 Å². The first-order valence-electron chi connectivity index (χ1n) is 48.2. The smallest absolute Gasteiger partial charge is 0.135 e. The minimum atomic E-state index is -0.458. The van der Waals surface area contributed by atoms with Crippen molar-refractivity contribution in [2.45, 2.75) is 10.8 Å². The lowest BCUT2D eigenvalue weighted by Gasteiger charge is -2.32. The van der Waals surface area contributed by atoms with Crippen molar-refractivity contribution in [2.75, 3.05) is 0 Å². The average molecular weight is 1750 g/mol. The van der Waals surface area contributed by atoms with E-state index in [1.165, 1.54) is 269 Å². The normalized spacial score (nSPS) is 13.2. The molecule has 2 heterocycles. The van der Waals surface area contributed by atoms with Gasteiger partial charge in [-0.3, -0.25) is 0 Å². The molecule has 31 rings (SSSR count). The van der Waals surface area contributed by atoms with Crippen LogP contribution in [0.5, 0.6) is 0 Å². The van der Waals surface area contributed by atoms with E-state index in [1.54, 1.807) is 0 Å². The van der Waals surface area contributed by atoms with E-state index < -0.39 is 10.8 Å². The Hall–Kier alpha value is -17.8. The van der Waals surface area contributed by atoms with Gasteiger partial charge >= 0.3 is 0 Å². The van der Waals surface area contributed by atoms with E-state index in [-0.39, 0.29) is 0 Å². The maximum absolute atomic E-state index is 6.26. The van der Waals surface area contributed by atoms with Gasteiger partial charge in [-0.1, -0.05) is 419 Å². The first-order chi connectivity index (χ1) is 68.5. The zero-order chi connectivity index (χ0) is 90.2. The number of nitrogens with zero attached hydrogens (tertiary/aromatic N) is 1. The highest BCUT2D eigenvalue weighted by molar-refractivity contribution is 6.25. The van der Waals surface area contributed by atoms with Crippen molar-refractivity contribution in [3.63, 3.8) is 0 Å². The monoisotopic (exact) mass is 1740 g/mol. The Morgan fingerprint density at radius 1 is 0.152 bits per heavy atom. The van der Waals surface area contributed by atoms with Crippen LogP contribution in [-0.2, 0) is 10.8 Å². The van der Waals surface area contributed by atoms with E-state index in [9.17, 15) is 0 Å². The van der Waals surface area contributed by atoms with E-state index in [0.29, 0.717) is 0 Å². The van der Waals surface area contributed by atoms with Crippen LogP contribution in [0.1, 0.15) is 44.5 Å². The molecule has 0 atom stereocenters. The molecule has 2 nitrogen and oxygen atoms in total. The molecule has 0 radical (unpaired) electrons. The van der Waals surface area contributed by atoms with Gasteiger partial charge in [0.1, 0.15) is 11.2 Å². The molecule has 2 heteroatoms. The SMILES string of the molecule is c1cc(-c2ccc3c4c(ccc3c2)-c2ccc3ccccc3c2C42c3ccccc3-c3ccccc32)cc(-c2c3ccccc3c(-c3ccc4oc5ccccc5c4c3)c3ccccc23)c1.c1ccc(-n2c3ccccc3c3cc(-c4c5ccccc5c(-c5cccc(-c6ccc7c8c(ccc7c6)-c6ccc7ccccc7c6C86c7ccccc7-c7ccccc76)c5)c5ccccc45)ccc32)cc1. The number of furan rings is 1. The van der Waals surface area contributed by atoms with Gasteiger partial charge in [0.25, 0.3) is 0 Å². The Kier molecular flexibility index (Phi) is 16.3. The number of hydrogen-bond donors (Lipinski definition) is 0. The highest BCUT2D eigenvalue weighted by Crippen LogP contribution is 2.68. The van der Waals surface area contributed by atoms with Gasteiger partial charge in [0.15, 0.2) is 0 Å². The number of para-hydroxylation sites is 3. The molecule has 4 aliphatic carbocycles. The molecule has 0 bridgehead atoms. The van der Waals surface area contributed by atoms with E-state index in [4.69, 9.17) is 4.42 Å². The fourth-order valence-electron chi connectivity index (χ4n) is 25.9. The largest absolute Gasteiger partial charge is 0.456 e. The molecule has 0 saturated heterocycles. The molecule has 0 amide bonds. The third-order valence-corrected chi connectivity index (χ3v) is 31.4. The van der Waals surface area contributed by atoms with Gasteiger partial charge in [-0.05, 0) is 315 Å². The predicted octanol–water partition coefficient (Wildman–Crippen LogP) is 36.3. The average Bonchev–Trinajstić information content (AvgIpc) is 1.50. The maximum atomic E-state index is 6.26. The molecule has 27 aromatic rings. The summed E-state index contributed by atoms with van der Waals surface area (Å²) in [5.41, 5.74) is 40.8. The lowest BCUT2D eigenvalue weighted by Crippen LogP contribution is -2.26. The summed E-state index contributed by atoms with van der Waals surface area (Å²) in [5, 5.41) is 25.0. The van der Waals surface area contributed by atoms with E-state index in [2.05, 4.69) is 490 Å². The zero-order valence-electron chi connectivity index (χ0n) is 75.1. The van der Waals surface area contributed by atoms with Gasteiger partial charge in [-0.15, -0.1) is 0 Å². The highest BCUT2D eigenvalue weighted by atomic mass is 16.3. The Labute approximate surface area is 796 Å². The Morgan fingerprint density at radius 2 is 0.449 bits per heavy atom. The van der Waals surface area contributed by atoms with Crippen molar-refractivity contribution in [2.24, 2.45) is 0 Å². The second kappa shape index (κ2) is 29.3. The topological polar surface area (TPSA) is 18.1 Å². The molecule has 25 aromatic carbocycles. The molecule has 0 aliphatic heterocycles. The molecule has 2 spiro atoms. The van der Waals surface area contributed by atoms with Crippen molar-refractivity contribution < 1.29 is 4.42 Å². The molecule has 2 aromatic heterocycles. The molecule has 138 heavy (non-hydrogen) atoms. The molecule has 636 valence electrons. The first-order valence-corrected chi connectivity index (χ1v) is 48.2. The van der Waals surface area contributed by atoms with Gasteiger partial charge in [-0.25, -0.2) is 0 Å². The molecule has 0 unspecified atom stereocenters. The summed E-state index contributed by atoms with van der Waals surface area (Å²) in [5.74, 6) is 0. The molecule has 0 N–H and O–H groups in total. The Morgan fingerprint density at radius 3 is 0.884 bits per heavy atom. The highest BCUT2D eigenvalue weighted by Gasteiger charge is 2.55. The molecule has 0 saturated carbocycles. The summed E-state index contributed by atoms with van der Waals surface area (Å²) >= 11 is 0. The second-order valence-electron chi connectivity index (χ2n) is 38.0.